The van der Waals surface area contributed by atoms with Gasteiger partial charge in [0.05, 0.1) is 5.97 Å². The van der Waals surface area contributed by atoms with Gasteiger partial charge in [-0.1, -0.05) is 74.5 Å². The molecule has 0 aliphatic heterocycles. The normalized spacial score (nSPS) is 12.6. The van der Waals surface area contributed by atoms with Crippen LogP contribution in [0.15, 0.2) is 60.7 Å². The average Bonchev–Trinajstić information content (AvgIpc) is 2.56. The summed E-state index contributed by atoms with van der Waals surface area (Å²) in [5.74, 6) is -0.761. The number of hydrogen-bond acceptors (Lipinski definition) is 3. The van der Waals surface area contributed by atoms with Gasteiger partial charge in [0.1, 0.15) is 0 Å². The van der Waals surface area contributed by atoms with Crippen LogP contribution in [0.25, 0.3) is 5.57 Å². The van der Waals surface area contributed by atoms with E-state index in [4.69, 9.17) is 5.73 Å². The maximum Gasteiger partial charge on any atom is 1.00 e. The van der Waals surface area contributed by atoms with Crippen molar-refractivity contribution in [3.8, 4) is 0 Å². The van der Waals surface area contributed by atoms with Gasteiger partial charge in [-0.2, -0.15) is 0 Å². The molecule has 0 aliphatic rings. The van der Waals surface area contributed by atoms with E-state index < -0.39 is 12.0 Å². The van der Waals surface area contributed by atoms with Crippen LogP contribution >= 0.6 is 0 Å². The monoisotopic (exact) mass is 331 g/mol. The predicted octanol–water partition coefficient (Wildman–Crippen LogP) is -0.287. The largest absolute Gasteiger partial charge is 1.00 e. The fourth-order valence-electron chi connectivity index (χ4n) is 2.41. The van der Waals surface area contributed by atoms with E-state index in [2.05, 4.69) is 38.1 Å². The number of hydrogen-bond donors (Lipinski definition) is 1. The summed E-state index contributed by atoms with van der Waals surface area (Å²) in [7, 11) is 0. The molecule has 0 saturated carbocycles. The summed E-state index contributed by atoms with van der Waals surface area (Å²) < 4.78 is 0. The molecular formula is C20H22NNaO2. The molecular weight excluding hydrogens is 309 g/mol. The van der Waals surface area contributed by atoms with Gasteiger partial charge in [-0.3, -0.25) is 0 Å². The summed E-state index contributed by atoms with van der Waals surface area (Å²) in [4.78, 5) is 10.8. The minimum atomic E-state index is -1.23. The van der Waals surface area contributed by atoms with Crippen LogP contribution in [0.3, 0.4) is 0 Å². The van der Waals surface area contributed by atoms with Crippen LogP contribution in [0.1, 0.15) is 42.9 Å². The Morgan fingerprint density at radius 2 is 1.58 bits per heavy atom. The summed E-state index contributed by atoms with van der Waals surface area (Å²) in [5, 5.41) is 10.8. The predicted molar refractivity (Wildman–Crippen MR) is 91.7 cm³/mol. The van der Waals surface area contributed by atoms with Gasteiger partial charge in [-0.25, -0.2) is 0 Å². The Balaban J connectivity index is 0.00000288. The third-order valence-corrected chi connectivity index (χ3v) is 3.85. The Bertz CT molecular complexity index is 679. The minimum Gasteiger partial charge on any atom is -0.548 e. The molecule has 0 aromatic heterocycles. The molecule has 1 atom stereocenters. The van der Waals surface area contributed by atoms with Crippen LogP contribution in [-0.2, 0) is 4.79 Å². The first kappa shape index (κ1) is 20.7. The van der Waals surface area contributed by atoms with Crippen molar-refractivity contribution in [3.05, 3.63) is 77.4 Å². The SMILES string of the molecule is CC(C)c1ccc(C(=CCC(N)C(=O)[O-])c2ccccc2)cc1.[Na+]. The summed E-state index contributed by atoms with van der Waals surface area (Å²) in [6.07, 6.45) is 2.11. The molecule has 0 radical (unpaired) electrons. The molecule has 0 aliphatic carbocycles. The maximum absolute atomic E-state index is 10.8. The van der Waals surface area contributed by atoms with Gasteiger partial charge in [0, 0.05) is 6.04 Å². The van der Waals surface area contributed by atoms with Gasteiger partial charge in [0.2, 0.25) is 0 Å². The van der Waals surface area contributed by atoms with Crippen molar-refractivity contribution in [2.24, 2.45) is 5.73 Å². The second-order valence-electron chi connectivity index (χ2n) is 5.92. The zero-order chi connectivity index (χ0) is 16.8. The molecule has 2 aromatic rings. The fraction of sp³-hybridized carbons (Fsp3) is 0.250. The Morgan fingerprint density at radius 1 is 1.04 bits per heavy atom. The van der Waals surface area contributed by atoms with Crippen molar-refractivity contribution in [2.75, 3.05) is 0 Å². The molecule has 0 spiro atoms. The standard InChI is InChI=1S/C20H23NO2.Na/c1-14(2)15-8-10-17(11-9-15)18(12-13-19(21)20(22)23)16-6-4-3-5-7-16;/h3-12,14,19H,13,21H2,1-2H3,(H,22,23);/q;+1/p-1. The molecule has 1 unspecified atom stereocenters. The molecule has 0 amide bonds. The summed E-state index contributed by atoms with van der Waals surface area (Å²) >= 11 is 0. The molecule has 0 saturated heterocycles. The Morgan fingerprint density at radius 3 is 2.08 bits per heavy atom. The van der Waals surface area contributed by atoms with Crippen LogP contribution in [-0.4, -0.2) is 12.0 Å². The molecule has 2 rings (SSSR count). The molecule has 2 aromatic carbocycles. The van der Waals surface area contributed by atoms with E-state index in [1.54, 1.807) is 0 Å². The van der Waals surface area contributed by atoms with Gasteiger partial charge in [0.25, 0.3) is 0 Å². The van der Waals surface area contributed by atoms with Crippen molar-refractivity contribution in [2.45, 2.75) is 32.2 Å². The number of carbonyl (C=O) groups excluding carboxylic acids is 1. The van der Waals surface area contributed by atoms with Gasteiger partial charge in [-0.15, -0.1) is 0 Å². The van der Waals surface area contributed by atoms with E-state index in [1.807, 2.05) is 36.4 Å². The number of carbonyl (C=O) groups is 1. The van der Waals surface area contributed by atoms with E-state index in [9.17, 15) is 9.90 Å². The second-order valence-corrected chi connectivity index (χ2v) is 5.92. The van der Waals surface area contributed by atoms with Gasteiger partial charge in [-0.05, 0) is 34.6 Å². The van der Waals surface area contributed by atoms with Crippen molar-refractivity contribution >= 4 is 11.5 Å². The molecule has 2 N–H and O–H groups in total. The fourth-order valence-corrected chi connectivity index (χ4v) is 2.41. The van der Waals surface area contributed by atoms with Crippen LogP contribution in [0.2, 0.25) is 0 Å². The molecule has 3 nitrogen and oxygen atoms in total. The average molecular weight is 331 g/mol. The first-order valence-corrected chi connectivity index (χ1v) is 7.81. The molecule has 0 fully saturated rings. The van der Waals surface area contributed by atoms with Gasteiger partial charge < -0.3 is 15.6 Å². The van der Waals surface area contributed by atoms with Crippen LogP contribution in [0, 0.1) is 0 Å². The van der Waals surface area contributed by atoms with Crippen molar-refractivity contribution in [3.63, 3.8) is 0 Å². The van der Waals surface area contributed by atoms with E-state index in [1.165, 1.54) is 5.56 Å². The van der Waals surface area contributed by atoms with Crippen LogP contribution in [0.5, 0.6) is 0 Å². The molecule has 24 heavy (non-hydrogen) atoms. The zero-order valence-corrected chi connectivity index (χ0v) is 16.5. The first-order chi connectivity index (χ1) is 11.0. The summed E-state index contributed by atoms with van der Waals surface area (Å²) in [6, 6.07) is 17.2. The summed E-state index contributed by atoms with van der Waals surface area (Å²) in [5.41, 5.74) is 9.92. The van der Waals surface area contributed by atoms with Gasteiger partial charge in [0.15, 0.2) is 0 Å². The number of carboxylic acids is 1. The quantitative estimate of drug-likeness (QED) is 0.740. The summed E-state index contributed by atoms with van der Waals surface area (Å²) in [6.45, 7) is 4.31. The van der Waals surface area contributed by atoms with Gasteiger partial charge >= 0.3 is 29.6 Å². The van der Waals surface area contributed by atoms with E-state index in [0.29, 0.717) is 5.92 Å². The molecule has 4 heteroatoms. The van der Waals surface area contributed by atoms with Crippen molar-refractivity contribution in [1.82, 2.24) is 0 Å². The second kappa shape index (κ2) is 9.80. The molecule has 0 heterocycles. The maximum atomic E-state index is 10.8. The van der Waals surface area contributed by atoms with Crippen LogP contribution in [0.4, 0.5) is 0 Å². The van der Waals surface area contributed by atoms with Crippen molar-refractivity contribution < 1.29 is 39.5 Å². The number of rotatable bonds is 6. The van der Waals surface area contributed by atoms with E-state index in [0.717, 1.165) is 16.7 Å². The van der Waals surface area contributed by atoms with Crippen molar-refractivity contribution in [1.29, 1.82) is 0 Å². The molecule has 120 valence electrons. The Hall–Kier alpha value is -1.39. The smallest absolute Gasteiger partial charge is 0.548 e. The Kier molecular flexibility index (Phi) is 8.43. The van der Waals surface area contributed by atoms with E-state index in [-0.39, 0.29) is 36.0 Å². The third-order valence-electron chi connectivity index (χ3n) is 3.85. The molecule has 0 bridgehead atoms. The van der Waals surface area contributed by atoms with E-state index >= 15 is 0 Å². The third kappa shape index (κ3) is 5.60. The zero-order valence-electron chi connectivity index (χ0n) is 14.5. The number of nitrogens with two attached hydrogens (primary N) is 1. The number of aliphatic carboxylic acids is 1. The number of benzene rings is 2. The number of carboxylic acid groups (broad SMARTS) is 1. The minimum absolute atomic E-state index is 0. The van der Waals surface area contributed by atoms with Crippen LogP contribution < -0.4 is 40.4 Å². The topological polar surface area (TPSA) is 66.2 Å². The first-order valence-electron chi connectivity index (χ1n) is 7.81. The Labute approximate surface area is 165 Å².